The standard InChI is InChI=1S/C14H24N2O/c1-10-5-8-14(17-4)12(9-10)13(16-3)7-6-11(2)15/h5,8-9,11,13,16H,6-7,15H2,1-4H3. The number of nitrogens with two attached hydrogens (primary N) is 1. The van der Waals surface area contributed by atoms with Gasteiger partial charge in [0.15, 0.2) is 0 Å². The Morgan fingerprint density at radius 2 is 2.06 bits per heavy atom. The summed E-state index contributed by atoms with van der Waals surface area (Å²) in [4.78, 5) is 0. The lowest BCUT2D eigenvalue weighted by Gasteiger charge is -2.20. The van der Waals surface area contributed by atoms with Gasteiger partial charge in [0.25, 0.3) is 0 Å². The number of ether oxygens (including phenoxy) is 1. The molecule has 0 aliphatic heterocycles. The lowest BCUT2D eigenvalue weighted by atomic mass is 9.97. The van der Waals surface area contributed by atoms with Crippen LogP contribution >= 0.6 is 0 Å². The molecule has 3 heteroatoms. The van der Waals surface area contributed by atoms with Gasteiger partial charge in [-0.05, 0) is 39.8 Å². The predicted molar refractivity (Wildman–Crippen MR) is 72.4 cm³/mol. The monoisotopic (exact) mass is 236 g/mol. The van der Waals surface area contributed by atoms with Crippen molar-refractivity contribution in [1.82, 2.24) is 5.32 Å². The predicted octanol–water partition coefficient (Wildman–Crippen LogP) is 2.39. The molecule has 0 aliphatic carbocycles. The Kier molecular flexibility index (Phi) is 5.45. The first kappa shape index (κ1) is 14.0. The summed E-state index contributed by atoms with van der Waals surface area (Å²) in [6.45, 7) is 4.14. The van der Waals surface area contributed by atoms with Gasteiger partial charge in [-0.3, -0.25) is 0 Å². The van der Waals surface area contributed by atoms with E-state index in [-0.39, 0.29) is 6.04 Å². The Balaban J connectivity index is 2.89. The molecule has 0 radical (unpaired) electrons. The number of methoxy groups -OCH3 is 1. The van der Waals surface area contributed by atoms with E-state index in [1.807, 2.05) is 20.0 Å². The van der Waals surface area contributed by atoms with Gasteiger partial charge in [-0.25, -0.2) is 0 Å². The van der Waals surface area contributed by atoms with Crippen molar-refractivity contribution in [3.8, 4) is 5.75 Å². The lowest BCUT2D eigenvalue weighted by Crippen LogP contribution is -2.22. The Morgan fingerprint density at radius 1 is 1.35 bits per heavy atom. The molecule has 0 fully saturated rings. The van der Waals surface area contributed by atoms with Crippen LogP contribution in [0, 0.1) is 6.92 Å². The van der Waals surface area contributed by atoms with Gasteiger partial charge < -0.3 is 15.8 Å². The first-order chi connectivity index (χ1) is 8.08. The van der Waals surface area contributed by atoms with Crippen LogP contribution in [-0.4, -0.2) is 20.2 Å². The first-order valence-electron chi connectivity index (χ1n) is 6.15. The van der Waals surface area contributed by atoms with Gasteiger partial charge in [0.05, 0.1) is 7.11 Å². The third kappa shape index (κ3) is 4.02. The van der Waals surface area contributed by atoms with Gasteiger partial charge in [-0.15, -0.1) is 0 Å². The maximum absolute atomic E-state index is 5.81. The van der Waals surface area contributed by atoms with Crippen molar-refractivity contribution in [2.24, 2.45) is 5.73 Å². The molecule has 3 nitrogen and oxygen atoms in total. The number of benzene rings is 1. The van der Waals surface area contributed by atoms with Gasteiger partial charge in [0.2, 0.25) is 0 Å². The van der Waals surface area contributed by atoms with E-state index in [9.17, 15) is 0 Å². The molecule has 0 aromatic heterocycles. The average Bonchev–Trinajstić information content (AvgIpc) is 2.30. The number of rotatable bonds is 6. The number of aryl methyl sites for hydroxylation is 1. The minimum absolute atomic E-state index is 0.238. The molecule has 96 valence electrons. The fourth-order valence-corrected chi connectivity index (χ4v) is 2.01. The highest BCUT2D eigenvalue weighted by molar-refractivity contribution is 5.39. The summed E-state index contributed by atoms with van der Waals surface area (Å²) in [6, 6.07) is 6.82. The molecular weight excluding hydrogens is 212 g/mol. The molecule has 0 amide bonds. The smallest absolute Gasteiger partial charge is 0.123 e. The van der Waals surface area contributed by atoms with Crippen molar-refractivity contribution in [3.05, 3.63) is 29.3 Å². The van der Waals surface area contributed by atoms with Crippen LogP contribution in [0.1, 0.15) is 36.9 Å². The summed E-state index contributed by atoms with van der Waals surface area (Å²) < 4.78 is 5.42. The maximum atomic E-state index is 5.81. The minimum atomic E-state index is 0.238. The molecule has 1 aromatic rings. The minimum Gasteiger partial charge on any atom is -0.496 e. The topological polar surface area (TPSA) is 47.3 Å². The van der Waals surface area contributed by atoms with E-state index < -0.39 is 0 Å². The lowest BCUT2D eigenvalue weighted by molar-refractivity contribution is 0.395. The first-order valence-corrected chi connectivity index (χ1v) is 6.15. The summed E-state index contributed by atoms with van der Waals surface area (Å²) in [5.74, 6) is 0.944. The quantitative estimate of drug-likeness (QED) is 0.797. The van der Waals surface area contributed by atoms with Crippen LogP contribution in [0.15, 0.2) is 18.2 Å². The molecule has 2 atom stereocenters. The molecule has 17 heavy (non-hydrogen) atoms. The molecule has 1 aromatic carbocycles. The highest BCUT2D eigenvalue weighted by atomic mass is 16.5. The van der Waals surface area contributed by atoms with Crippen LogP contribution in [0.2, 0.25) is 0 Å². The summed E-state index contributed by atoms with van der Waals surface area (Å²) in [5, 5.41) is 3.34. The van der Waals surface area contributed by atoms with Crippen LogP contribution < -0.4 is 15.8 Å². The van der Waals surface area contributed by atoms with Crippen LogP contribution in [0.3, 0.4) is 0 Å². The Bertz CT molecular complexity index is 350. The van der Waals surface area contributed by atoms with Crippen molar-refractivity contribution >= 4 is 0 Å². The molecular formula is C14H24N2O. The van der Waals surface area contributed by atoms with Gasteiger partial charge in [0, 0.05) is 17.6 Å². The fourth-order valence-electron chi connectivity index (χ4n) is 2.01. The molecule has 0 heterocycles. The zero-order valence-electron chi connectivity index (χ0n) is 11.3. The summed E-state index contributed by atoms with van der Waals surface area (Å²) in [5.41, 5.74) is 8.28. The second-order valence-corrected chi connectivity index (χ2v) is 4.64. The second kappa shape index (κ2) is 6.62. The Labute approximate surface area is 104 Å². The zero-order valence-corrected chi connectivity index (χ0v) is 11.3. The number of hydrogen-bond donors (Lipinski definition) is 2. The van der Waals surface area contributed by atoms with Crippen molar-refractivity contribution in [3.63, 3.8) is 0 Å². The summed E-state index contributed by atoms with van der Waals surface area (Å²) in [6.07, 6.45) is 2.02. The van der Waals surface area contributed by atoms with E-state index in [2.05, 4.69) is 24.4 Å². The molecule has 0 bridgehead atoms. The molecule has 0 aliphatic rings. The Morgan fingerprint density at radius 3 is 2.59 bits per heavy atom. The van der Waals surface area contributed by atoms with Crippen LogP contribution in [0.5, 0.6) is 5.75 Å². The number of nitrogens with one attached hydrogen (secondary N) is 1. The van der Waals surface area contributed by atoms with E-state index in [0.29, 0.717) is 6.04 Å². The van der Waals surface area contributed by atoms with E-state index in [0.717, 1.165) is 18.6 Å². The summed E-state index contributed by atoms with van der Waals surface area (Å²) in [7, 11) is 3.69. The Hall–Kier alpha value is -1.06. The van der Waals surface area contributed by atoms with Gasteiger partial charge in [-0.1, -0.05) is 17.7 Å². The largest absolute Gasteiger partial charge is 0.496 e. The van der Waals surface area contributed by atoms with E-state index >= 15 is 0 Å². The van der Waals surface area contributed by atoms with E-state index in [1.165, 1.54) is 11.1 Å². The molecule has 1 rings (SSSR count). The third-order valence-electron chi connectivity index (χ3n) is 3.02. The third-order valence-corrected chi connectivity index (χ3v) is 3.02. The molecule has 3 N–H and O–H groups in total. The van der Waals surface area contributed by atoms with Crippen LogP contribution in [0.25, 0.3) is 0 Å². The molecule has 0 saturated heterocycles. The normalized spacial score (nSPS) is 14.4. The highest BCUT2D eigenvalue weighted by Gasteiger charge is 2.14. The average molecular weight is 236 g/mol. The van der Waals surface area contributed by atoms with Crippen molar-refractivity contribution < 1.29 is 4.74 Å². The highest BCUT2D eigenvalue weighted by Crippen LogP contribution is 2.29. The van der Waals surface area contributed by atoms with Gasteiger partial charge in [0.1, 0.15) is 5.75 Å². The number of hydrogen-bond acceptors (Lipinski definition) is 3. The fraction of sp³-hybridized carbons (Fsp3) is 0.571. The van der Waals surface area contributed by atoms with Crippen molar-refractivity contribution in [2.45, 2.75) is 38.8 Å². The van der Waals surface area contributed by atoms with Crippen molar-refractivity contribution in [2.75, 3.05) is 14.2 Å². The van der Waals surface area contributed by atoms with Gasteiger partial charge in [-0.2, -0.15) is 0 Å². The summed E-state index contributed by atoms with van der Waals surface area (Å²) >= 11 is 0. The van der Waals surface area contributed by atoms with Crippen LogP contribution in [-0.2, 0) is 0 Å². The van der Waals surface area contributed by atoms with E-state index in [1.54, 1.807) is 7.11 Å². The maximum Gasteiger partial charge on any atom is 0.123 e. The zero-order chi connectivity index (χ0) is 12.8. The SMILES string of the molecule is CNC(CCC(C)N)c1cc(C)ccc1OC. The molecule has 0 spiro atoms. The van der Waals surface area contributed by atoms with Gasteiger partial charge >= 0.3 is 0 Å². The molecule has 0 saturated carbocycles. The molecule has 2 unspecified atom stereocenters. The second-order valence-electron chi connectivity index (χ2n) is 4.64. The van der Waals surface area contributed by atoms with Crippen molar-refractivity contribution in [1.29, 1.82) is 0 Å². The van der Waals surface area contributed by atoms with E-state index in [4.69, 9.17) is 10.5 Å². The van der Waals surface area contributed by atoms with Crippen LogP contribution in [0.4, 0.5) is 0 Å².